The molecule has 5 heteroatoms. The Bertz CT molecular complexity index is 991. The van der Waals surface area contributed by atoms with Gasteiger partial charge in [0, 0.05) is 12.6 Å². The van der Waals surface area contributed by atoms with E-state index in [1.165, 1.54) is 0 Å². The molecule has 1 amide bonds. The summed E-state index contributed by atoms with van der Waals surface area (Å²) in [6.07, 6.45) is 0.861. The van der Waals surface area contributed by atoms with Gasteiger partial charge in [0.2, 0.25) is 5.91 Å². The van der Waals surface area contributed by atoms with Gasteiger partial charge in [0.25, 0.3) is 0 Å². The molecule has 33 heavy (non-hydrogen) atoms. The highest BCUT2D eigenvalue weighted by molar-refractivity contribution is 5.77. The van der Waals surface area contributed by atoms with Crippen molar-refractivity contribution in [3.05, 3.63) is 95.6 Å². The van der Waals surface area contributed by atoms with E-state index in [4.69, 9.17) is 14.2 Å². The molecule has 3 aromatic rings. The molecule has 0 aliphatic heterocycles. The highest BCUT2D eigenvalue weighted by Gasteiger charge is 2.20. The molecule has 0 N–H and O–H groups in total. The minimum absolute atomic E-state index is 0.0244. The summed E-state index contributed by atoms with van der Waals surface area (Å²) in [7, 11) is 1.63. The van der Waals surface area contributed by atoms with Crippen LogP contribution in [0.15, 0.2) is 78.9 Å². The highest BCUT2D eigenvalue weighted by Crippen LogP contribution is 2.29. The number of carbonyl (C=O) groups excluding carboxylic acids is 1. The summed E-state index contributed by atoms with van der Waals surface area (Å²) in [6, 6.07) is 25.8. The fourth-order valence-corrected chi connectivity index (χ4v) is 3.49. The van der Waals surface area contributed by atoms with Gasteiger partial charge in [0.1, 0.15) is 13.2 Å². The Morgan fingerprint density at radius 2 is 1.48 bits per heavy atom. The van der Waals surface area contributed by atoms with Gasteiger partial charge in [-0.2, -0.15) is 0 Å². The molecule has 0 saturated heterocycles. The van der Waals surface area contributed by atoms with E-state index in [1.54, 1.807) is 7.11 Å². The maximum Gasteiger partial charge on any atom is 0.249 e. The molecule has 0 bridgehead atoms. The van der Waals surface area contributed by atoms with Crippen LogP contribution in [-0.2, 0) is 29.3 Å². The summed E-state index contributed by atoms with van der Waals surface area (Å²) < 4.78 is 17.2. The molecule has 0 aliphatic rings. The van der Waals surface area contributed by atoms with Crippen LogP contribution in [0.1, 0.15) is 37.0 Å². The lowest BCUT2D eigenvalue weighted by molar-refractivity contribution is -0.139. The van der Waals surface area contributed by atoms with E-state index >= 15 is 0 Å². The predicted octanol–water partition coefficient (Wildman–Crippen LogP) is 5.62. The number of benzene rings is 3. The van der Waals surface area contributed by atoms with Crippen LogP contribution in [0.4, 0.5) is 0 Å². The number of nitrogens with zero attached hydrogens (tertiary/aromatic N) is 1. The number of amides is 1. The van der Waals surface area contributed by atoms with Gasteiger partial charge in [0.15, 0.2) is 11.5 Å². The zero-order valence-corrected chi connectivity index (χ0v) is 19.7. The van der Waals surface area contributed by atoms with Gasteiger partial charge >= 0.3 is 0 Å². The maximum atomic E-state index is 13.0. The summed E-state index contributed by atoms with van der Waals surface area (Å²) in [4.78, 5) is 14.8. The van der Waals surface area contributed by atoms with E-state index in [1.807, 2.05) is 83.8 Å². The monoisotopic (exact) mass is 447 g/mol. The largest absolute Gasteiger partial charge is 0.493 e. The van der Waals surface area contributed by atoms with Crippen molar-refractivity contribution in [2.24, 2.45) is 0 Å². The zero-order valence-electron chi connectivity index (χ0n) is 19.7. The second kappa shape index (κ2) is 12.7. The molecule has 0 aliphatic carbocycles. The molecule has 0 heterocycles. The Kier molecular flexibility index (Phi) is 9.33. The normalized spacial score (nSPS) is 11.6. The van der Waals surface area contributed by atoms with Gasteiger partial charge in [-0.1, -0.05) is 73.7 Å². The molecule has 0 fully saturated rings. The number of methoxy groups -OCH3 is 1. The van der Waals surface area contributed by atoms with Gasteiger partial charge < -0.3 is 19.1 Å². The smallest absolute Gasteiger partial charge is 0.249 e. The first-order valence-corrected chi connectivity index (χ1v) is 11.4. The average molecular weight is 448 g/mol. The molecule has 1 atom stereocenters. The van der Waals surface area contributed by atoms with Crippen molar-refractivity contribution in [1.82, 2.24) is 4.90 Å². The van der Waals surface area contributed by atoms with E-state index in [2.05, 4.69) is 13.8 Å². The number of rotatable bonds is 12. The van der Waals surface area contributed by atoms with Gasteiger partial charge in [0.05, 0.1) is 13.7 Å². The number of ether oxygens (including phenoxy) is 3. The van der Waals surface area contributed by atoms with Gasteiger partial charge in [-0.25, -0.2) is 0 Å². The summed E-state index contributed by atoms with van der Waals surface area (Å²) in [6.45, 7) is 5.56. The first kappa shape index (κ1) is 24.3. The quantitative estimate of drug-likeness (QED) is 0.362. The number of hydrogen-bond acceptors (Lipinski definition) is 4. The van der Waals surface area contributed by atoms with E-state index in [9.17, 15) is 4.79 Å². The fraction of sp³-hybridized carbons (Fsp3) is 0.321. The molecule has 174 valence electrons. The lowest BCUT2D eigenvalue weighted by Crippen LogP contribution is -2.40. The fourth-order valence-electron chi connectivity index (χ4n) is 3.49. The molecule has 0 spiro atoms. The van der Waals surface area contributed by atoms with E-state index in [-0.39, 0.29) is 18.6 Å². The first-order chi connectivity index (χ1) is 16.1. The maximum absolute atomic E-state index is 13.0. The Morgan fingerprint density at radius 1 is 0.848 bits per heavy atom. The predicted molar refractivity (Wildman–Crippen MR) is 130 cm³/mol. The van der Waals surface area contributed by atoms with Crippen LogP contribution >= 0.6 is 0 Å². The summed E-state index contributed by atoms with van der Waals surface area (Å²) >= 11 is 0. The standard InChI is InChI=1S/C28H33NO4/c1-4-22(2)29(28(30)21-32-19-23-11-7-5-8-12-23)18-25-15-16-26(27(17-25)31-3)33-20-24-13-9-6-10-14-24/h5-17,22H,4,18-21H2,1-3H3. The molecular formula is C28H33NO4. The van der Waals surface area contributed by atoms with Crippen molar-refractivity contribution in [2.45, 2.75) is 46.1 Å². The van der Waals surface area contributed by atoms with Crippen molar-refractivity contribution < 1.29 is 19.0 Å². The summed E-state index contributed by atoms with van der Waals surface area (Å²) in [5.41, 5.74) is 3.12. The lowest BCUT2D eigenvalue weighted by atomic mass is 10.1. The van der Waals surface area contributed by atoms with Crippen LogP contribution in [0.25, 0.3) is 0 Å². The second-order valence-electron chi connectivity index (χ2n) is 8.02. The molecule has 0 radical (unpaired) electrons. The Hall–Kier alpha value is -3.31. The van der Waals surface area contributed by atoms with Gasteiger partial charge in [-0.15, -0.1) is 0 Å². The van der Waals surface area contributed by atoms with E-state index < -0.39 is 0 Å². The summed E-state index contributed by atoms with van der Waals surface area (Å²) in [5.74, 6) is 1.31. The zero-order chi connectivity index (χ0) is 23.5. The van der Waals surface area contributed by atoms with Crippen LogP contribution in [0.3, 0.4) is 0 Å². The molecule has 0 aromatic heterocycles. The molecule has 5 nitrogen and oxygen atoms in total. The van der Waals surface area contributed by atoms with Crippen LogP contribution in [0.5, 0.6) is 11.5 Å². The van der Waals surface area contributed by atoms with Gasteiger partial charge in [-0.3, -0.25) is 4.79 Å². The average Bonchev–Trinajstić information content (AvgIpc) is 2.87. The van der Waals surface area contributed by atoms with E-state index in [0.717, 1.165) is 23.1 Å². The molecule has 1 unspecified atom stereocenters. The SMILES string of the molecule is CCC(C)N(Cc1ccc(OCc2ccccc2)c(OC)c1)C(=O)COCc1ccccc1. The minimum atomic E-state index is -0.0244. The van der Waals surface area contributed by atoms with Crippen molar-refractivity contribution in [1.29, 1.82) is 0 Å². The van der Waals surface area contributed by atoms with Crippen LogP contribution in [-0.4, -0.2) is 30.6 Å². The van der Waals surface area contributed by atoms with Gasteiger partial charge in [-0.05, 0) is 42.2 Å². The highest BCUT2D eigenvalue weighted by atomic mass is 16.5. The number of hydrogen-bond donors (Lipinski definition) is 0. The number of carbonyl (C=O) groups is 1. The molecule has 0 saturated carbocycles. The van der Waals surface area contributed by atoms with Crippen LogP contribution < -0.4 is 9.47 Å². The topological polar surface area (TPSA) is 48.0 Å². The molecular weight excluding hydrogens is 414 g/mol. The van der Waals surface area contributed by atoms with Crippen molar-refractivity contribution >= 4 is 5.91 Å². The molecule has 3 aromatic carbocycles. The van der Waals surface area contributed by atoms with Crippen molar-refractivity contribution in [3.8, 4) is 11.5 Å². The second-order valence-corrected chi connectivity index (χ2v) is 8.02. The third-order valence-electron chi connectivity index (χ3n) is 5.60. The Morgan fingerprint density at radius 3 is 2.09 bits per heavy atom. The van der Waals surface area contributed by atoms with Crippen molar-refractivity contribution in [3.63, 3.8) is 0 Å². The van der Waals surface area contributed by atoms with Crippen LogP contribution in [0, 0.1) is 0 Å². The van der Waals surface area contributed by atoms with Crippen LogP contribution in [0.2, 0.25) is 0 Å². The Labute approximate surface area is 196 Å². The van der Waals surface area contributed by atoms with E-state index in [0.29, 0.717) is 31.3 Å². The van der Waals surface area contributed by atoms with Crippen molar-refractivity contribution in [2.75, 3.05) is 13.7 Å². The molecule has 3 rings (SSSR count). The third kappa shape index (κ3) is 7.36. The summed E-state index contributed by atoms with van der Waals surface area (Å²) in [5, 5.41) is 0. The first-order valence-electron chi connectivity index (χ1n) is 11.4. The third-order valence-corrected chi connectivity index (χ3v) is 5.60. The Balaban J connectivity index is 1.63. The minimum Gasteiger partial charge on any atom is -0.493 e. The lowest BCUT2D eigenvalue weighted by Gasteiger charge is -2.29.